The summed E-state index contributed by atoms with van der Waals surface area (Å²) in [5.41, 5.74) is 0.535. The first kappa shape index (κ1) is 22.2. The third-order valence-electron chi connectivity index (χ3n) is 7.52. The number of rotatable bonds is 8. The highest BCUT2D eigenvalue weighted by Crippen LogP contribution is 2.60. The van der Waals surface area contributed by atoms with Crippen molar-refractivity contribution in [1.82, 2.24) is 5.32 Å². The summed E-state index contributed by atoms with van der Waals surface area (Å²) in [6.07, 6.45) is 9.17. The normalized spacial score (nSPS) is 35.5. The minimum absolute atomic E-state index is 0.127. The van der Waals surface area contributed by atoms with Crippen molar-refractivity contribution in [2.75, 3.05) is 19.8 Å². The number of nitrogens with one attached hydrogen (secondary N) is 1. The van der Waals surface area contributed by atoms with Gasteiger partial charge in [0.25, 0.3) is 0 Å². The number of esters is 1. The predicted octanol–water partition coefficient (Wildman–Crippen LogP) is 5.10. The molecule has 3 saturated carbocycles. The fraction of sp³-hybridized carbons (Fsp3) is 0.833. The van der Waals surface area contributed by atoms with Gasteiger partial charge in [-0.15, -0.1) is 0 Å². The van der Waals surface area contributed by atoms with Crippen LogP contribution in [0, 0.1) is 35.0 Å². The third kappa shape index (κ3) is 5.76. The smallest absolute Gasteiger partial charge is 0.407 e. The summed E-state index contributed by atoms with van der Waals surface area (Å²) in [4.78, 5) is 23.4. The fourth-order valence-corrected chi connectivity index (χ4v) is 6.25. The van der Waals surface area contributed by atoms with Gasteiger partial charge in [0, 0.05) is 17.5 Å². The quantitative estimate of drug-likeness (QED) is 0.347. The van der Waals surface area contributed by atoms with E-state index in [4.69, 9.17) is 9.47 Å². The summed E-state index contributed by atoms with van der Waals surface area (Å²) < 4.78 is 10.7. The molecule has 5 nitrogen and oxygen atoms in total. The molecule has 1 N–H and O–H groups in total. The lowest BCUT2D eigenvalue weighted by Crippen LogP contribution is -2.35. The number of ether oxygens (including phenoxy) is 2. The topological polar surface area (TPSA) is 64.6 Å². The van der Waals surface area contributed by atoms with Crippen LogP contribution in [0.15, 0.2) is 12.2 Å². The van der Waals surface area contributed by atoms with Crippen LogP contribution in [0.4, 0.5) is 4.79 Å². The number of carbonyl (C=O) groups is 2. The van der Waals surface area contributed by atoms with E-state index in [1.54, 1.807) is 6.92 Å². The zero-order valence-corrected chi connectivity index (χ0v) is 18.5. The Morgan fingerprint density at radius 3 is 2.52 bits per heavy atom. The summed E-state index contributed by atoms with van der Waals surface area (Å²) in [6, 6.07) is 0. The molecule has 3 aliphatic rings. The van der Waals surface area contributed by atoms with Crippen LogP contribution in [0.5, 0.6) is 0 Å². The summed E-state index contributed by atoms with van der Waals surface area (Å²) >= 11 is 0. The van der Waals surface area contributed by atoms with Crippen LogP contribution >= 0.6 is 0 Å². The predicted molar refractivity (Wildman–Crippen MR) is 113 cm³/mol. The molecule has 0 aromatic heterocycles. The summed E-state index contributed by atoms with van der Waals surface area (Å²) in [7, 11) is 0. The first-order valence-corrected chi connectivity index (χ1v) is 11.5. The maximum Gasteiger partial charge on any atom is 0.407 e. The number of unbranched alkanes of at least 4 members (excludes halogenated alkanes) is 1. The van der Waals surface area contributed by atoms with Crippen LogP contribution in [0.25, 0.3) is 0 Å². The zero-order chi connectivity index (χ0) is 21.0. The lowest BCUT2D eigenvalue weighted by atomic mass is 9.69. The van der Waals surface area contributed by atoms with Crippen molar-refractivity contribution in [2.24, 2.45) is 35.0 Å². The molecule has 0 aromatic carbocycles. The van der Waals surface area contributed by atoms with Gasteiger partial charge < -0.3 is 14.8 Å². The number of fused-ring (bicyclic) bond motifs is 5. The molecule has 0 aromatic rings. The molecule has 0 saturated heterocycles. The molecular formula is C24H39NO4. The first-order valence-electron chi connectivity index (χ1n) is 11.5. The SMILES string of the molecule is C=C(C)C(=O)OCCCCNC(=O)OCC1(C)CC2CC(C1)C1CC(C)CCC21. The minimum Gasteiger partial charge on any atom is -0.462 e. The van der Waals surface area contributed by atoms with E-state index in [1.165, 1.54) is 38.5 Å². The van der Waals surface area contributed by atoms with Gasteiger partial charge in [-0.2, -0.15) is 0 Å². The van der Waals surface area contributed by atoms with Crippen LogP contribution in [0.2, 0.25) is 0 Å². The number of carbonyl (C=O) groups excluding carboxylic acids is 2. The van der Waals surface area contributed by atoms with Crippen LogP contribution in [0.3, 0.4) is 0 Å². The Balaban J connectivity index is 1.33. The van der Waals surface area contributed by atoms with Crippen LogP contribution < -0.4 is 5.32 Å². The molecule has 0 heterocycles. The van der Waals surface area contributed by atoms with E-state index in [0.717, 1.165) is 36.0 Å². The average molecular weight is 406 g/mol. The monoisotopic (exact) mass is 405 g/mol. The Morgan fingerprint density at radius 2 is 1.79 bits per heavy atom. The van der Waals surface area contributed by atoms with Crippen molar-refractivity contribution < 1.29 is 19.1 Å². The van der Waals surface area contributed by atoms with Gasteiger partial charge in [-0.1, -0.05) is 26.8 Å². The number of hydrogen-bond acceptors (Lipinski definition) is 4. The van der Waals surface area contributed by atoms with Crippen molar-refractivity contribution in [1.29, 1.82) is 0 Å². The van der Waals surface area contributed by atoms with E-state index >= 15 is 0 Å². The van der Waals surface area contributed by atoms with Crippen LogP contribution in [-0.2, 0) is 14.3 Å². The molecule has 0 radical (unpaired) electrons. The van der Waals surface area contributed by atoms with Gasteiger partial charge >= 0.3 is 12.1 Å². The summed E-state index contributed by atoms with van der Waals surface area (Å²) in [6.45, 7) is 11.3. The molecule has 0 aliphatic heterocycles. The van der Waals surface area contributed by atoms with Gasteiger partial charge in [-0.05, 0) is 81.5 Å². The highest BCUT2D eigenvalue weighted by atomic mass is 16.5. The molecule has 3 rings (SSSR count). The molecule has 6 unspecified atom stereocenters. The number of alkyl carbamates (subject to hydrolysis) is 1. The highest BCUT2D eigenvalue weighted by molar-refractivity contribution is 5.86. The van der Waals surface area contributed by atoms with Gasteiger partial charge in [-0.25, -0.2) is 9.59 Å². The second kappa shape index (κ2) is 9.53. The molecular weight excluding hydrogens is 366 g/mol. The first-order chi connectivity index (χ1) is 13.8. The maximum atomic E-state index is 12.1. The molecule has 3 fully saturated rings. The van der Waals surface area contributed by atoms with E-state index in [9.17, 15) is 9.59 Å². The maximum absolute atomic E-state index is 12.1. The van der Waals surface area contributed by atoms with Gasteiger partial charge in [0.1, 0.15) is 0 Å². The molecule has 1 amide bonds. The van der Waals surface area contributed by atoms with E-state index in [-0.39, 0.29) is 17.5 Å². The Kier molecular flexibility index (Phi) is 7.28. The largest absolute Gasteiger partial charge is 0.462 e. The van der Waals surface area contributed by atoms with E-state index < -0.39 is 0 Å². The van der Waals surface area contributed by atoms with E-state index in [0.29, 0.717) is 31.8 Å². The molecule has 2 bridgehead atoms. The average Bonchev–Trinajstić information content (AvgIpc) is 2.93. The van der Waals surface area contributed by atoms with E-state index in [1.807, 2.05) is 0 Å². The molecule has 29 heavy (non-hydrogen) atoms. The van der Waals surface area contributed by atoms with Crippen molar-refractivity contribution in [3.8, 4) is 0 Å². The van der Waals surface area contributed by atoms with Gasteiger partial charge in [-0.3, -0.25) is 0 Å². The van der Waals surface area contributed by atoms with Gasteiger partial charge in [0.05, 0.1) is 13.2 Å². The lowest BCUT2D eigenvalue weighted by Gasteiger charge is -2.38. The molecule has 5 heteroatoms. The summed E-state index contributed by atoms with van der Waals surface area (Å²) in [5, 5.41) is 2.82. The molecule has 164 valence electrons. The Labute approximate surface area is 176 Å². The minimum atomic E-state index is -0.360. The van der Waals surface area contributed by atoms with Crippen molar-refractivity contribution in [3.05, 3.63) is 12.2 Å². The Hall–Kier alpha value is -1.52. The zero-order valence-electron chi connectivity index (χ0n) is 18.5. The molecule has 6 atom stereocenters. The van der Waals surface area contributed by atoms with Gasteiger partial charge in [0.2, 0.25) is 0 Å². The fourth-order valence-electron chi connectivity index (χ4n) is 6.25. The van der Waals surface area contributed by atoms with Gasteiger partial charge in [0.15, 0.2) is 0 Å². The van der Waals surface area contributed by atoms with Crippen LogP contribution in [-0.4, -0.2) is 31.8 Å². The summed E-state index contributed by atoms with van der Waals surface area (Å²) in [5.74, 6) is 4.03. The highest BCUT2D eigenvalue weighted by Gasteiger charge is 2.52. The van der Waals surface area contributed by atoms with E-state index in [2.05, 4.69) is 25.7 Å². The number of amides is 1. The Bertz CT molecular complexity index is 618. The van der Waals surface area contributed by atoms with Crippen LogP contribution in [0.1, 0.15) is 72.1 Å². The number of hydrogen-bond donors (Lipinski definition) is 1. The Morgan fingerprint density at radius 1 is 1.07 bits per heavy atom. The third-order valence-corrected chi connectivity index (χ3v) is 7.52. The van der Waals surface area contributed by atoms with Crippen molar-refractivity contribution in [2.45, 2.75) is 72.1 Å². The van der Waals surface area contributed by atoms with Crippen molar-refractivity contribution >= 4 is 12.1 Å². The standard InChI is InChI=1S/C24H39NO4/c1-16(2)22(26)28-10-6-5-9-25-23(27)29-15-24(4)13-18-12-19(14-24)21-11-17(3)7-8-20(18)21/h17-21H,1,5-15H2,2-4H3,(H,25,27). The molecule has 0 spiro atoms. The second-order valence-corrected chi connectivity index (χ2v) is 10.3. The van der Waals surface area contributed by atoms with Crippen molar-refractivity contribution in [3.63, 3.8) is 0 Å². The lowest BCUT2D eigenvalue weighted by molar-refractivity contribution is -0.139. The molecule has 3 aliphatic carbocycles. The second-order valence-electron chi connectivity index (χ2n) is 10.3.